The van der Waals surface area contributed by atoms with Crippen LogP contribution in [0.25, 0.3) is 6.08 Å². The van der Waals surface area contributed by atoms with Gasteiger partial charge in [0.15, 0.2) is 0 Å². The van der Waals surface area contributed by atoms with Crippen LogP contribution in [0.5, 0.6) is 5.75 Å². The number of ether oxygens (including phenoxy) is 1. The molecule has 4 rings (SSSR count). The van der Waals surface area contributed by atoms with E-state index in [-0.39, 0.29) is 5.70 Å². The van der Waals surface area contributed by atoms with Crippen molar-refractivity contribution in [3.8, 4) is 5.75 Å². The number of halogens is 1. The fourth-order valence-electron chi connectivity index (χ4n) is 3.09. The lowest BCUT2D eigenvalue weighted by Gasteiger charge is -2.08. The van der Waals surface area contributed by atoms with Crippen LogP contribution in [0.2, 0.25) is 0 Å². The second-order valence-electron chi connectivity index (χ2n) is 7.56. The van der Waals surface area contributed by atoms with Crippen LogP contribution in [0.4, 0.5) is 0 Å². The van der Waals surface area contributed by atoms with Crippen molar-refractivity contribution in [2.45, 2.75) is 0 Å². The van der Waals surface area contributed by atoms with Crippen LogP contribution < -0.4 is 15.5 Å². The number of rotatable bonds is 8. The Balaban J connectivity index is 1.38. The average Bonchev–Trinajstić information content (AvgIpc) is 3.43. The van der Waals surface area contributed by atoms with E-state index in [0.29, 0.717) is 22.4 Å². The third-order valence-corrected chi connectivity index (χ3v) is 6.20. The normalized spacial score (nSPS) is 11.2. The average molecular weight is 574 g/mol. The van der Waals surface area contributed by atoms with Gasteiger partial charge in [0.25, 0.3) is 11.8 Å². The highest BCUT2D eigenvalue weighted by Gasteiger charge is 2.14. The van der Waals surface area contributed by atoms with Gasteiger partial charge in [-0.1, -0.05) is 46.3 Å². The van der Waals surface area contributed by atoms with Crippen LogP contribution in [0.15, 0.2) is 112 Å². The Hall–Kier alpha value is -4.34. The molecule has 0 aliphatic carbocycles. The third kappa shape index (κ3) is 7.57. The Labute approximate surface area is 225 Å². The Bertz CT molecular complexity index is 1450. The zero-order chi connectivity index (χ0) is 26.0. The third-order valence-electron chi connectivity index (χ3n) is 4.89. The maximum absolute atomic E-state index is 12.8. The summed E-state index contributed by atoms with van der Waals surface area (Å²) in [4.78, 5) is 38.5. The molecule has 184 valence electrons. The second-order valence-corrected chi connectivity index (χ2v) is 9.46. The van der Waals surface area contributed by atoms with E-state index < -0.39 is 17.8 Å². The highest BCUT2D eigenvalue weighted by Crippen LogP contribution is 2.17. The number of amides is 2. The summed E-state index contributed by atoms with van der Waals surface area (Å²) in [5.74, 6) is -1.09. The van der Waals surface area contributed by atoms with Crippen LogP contribution in [-0.4, -0.2) is 24.0 Å². The smallest absolute Gasteiger partial charge is 0.343 e. The van der Waals surface area contributed by atoms with Gasteiger partial charge >= 0.3 is 5.97 Å². The first-order valence-corrected chi connectivity index (χ1v) is 12.7. The summed E-state index contributed by atoms with van der Waals surface area (Å²) in [6, 6.07) is 25.9. The van der Waals surface area contributed by atoms with Gasteiger partial charge in [0.1, 0.15) is 11.4 Å². The Kier molecular flexibility index (Phi) is 8.75. The summed E-state index contributed by atoms with van der Waals surface area (Å²) < 4.78 is 6.17. The highest BCUT2D eigenvalue weighted by molar-refractivity contribution is 9.10. The molecule has 2 amide bonds. The summed E-state index contributed by atoms with van der Waals surface area (Å²) in [6.07, 6.45) is 3.03. The van der Waals surface area contributed by atoms with E-state index in [0.717, 1.165) is 9.35 Å². The van der Waals surface area contributed by atoms with Crippen molar-refractivity contribution in [2.75, 3.05) is 0 Å². The van der Waals surface area contributed by atoms with Gasteiger partial charge in [0.2, 0.25) is 0 Å². The topological polar surface area (TPSA) is 96.9 Å². The molecule has 0 aliphatic heterocycles. The number of esters is 1. The fraction of sp³-hybridized carbons (Fsp3) is 0. The highest BCUT2D eigenvalue weighted by atomic mass is 79.9. The SMILES string of the molecule is O=C(N/N=C\c1ccc(OC(=O)c2cccc(Br)c2)cc1)/C(=C\c1cccs1)NC(=O)c1ccccc1. The summed E-state index contributed by atoms with van der Waals surface area (Å²) in [6.45, 7) is 0. The lowest BCUT2D eigenvalue weighted by atomic mass is 10.2. The number of nitrogens with zero attached hydrogens (tertiary/aromatic N) is 1. The van der Waals surface area contributed by atoms with Crippen LogP contribution in [0.3, 0.4) is 0 Å². The van der Waals surface area contributed by atoms with Gasteiger partial charge in [0.05, 0.1) is 11.8 Å². The van der Waals surface area contributed by atoms with Crippen LogP contribution in [0.1, 0.15) is 31.2 Å². The molecular formula is C28H20BrN3O4S. The Morgan fingerprint density at radius 2 is 1.62 bits per heavy atom. The van der Waals surface area contributed by atoms with Gasteiger partial charge in [0, 0.05) is 14.9 Å². The minimum absolute atomic E-state index is 0.0586. The molecule has 0 unspecified atom stereocenters. The quantitative estimate of drug-likeness (QED) is 0.0935. The number of nitrogens with one attached hydrogen (secondary N) is 2. The molecule has 7 nitrogen and oxygen atoms in total. The molecule has 0 bridgehead atoms. The van der Waals surface area contributed by atoms with Crippen molar-refractivity contribution in [1.82, 2.24) is 10.7 Å². The largest absolute Gasteiger partial charge is 0.423 e. The molecule has 0 atom stereocenters. The van der Waals surface area contributed by atoms with E-state index >= 15 is 0 Å². The van der Waals surface area contributed by atoms with Gasteiger partial charge in [-0.05, 0) is 77.7 Å². The van der Waals surface area contributed by atoms with E-state index in [1.807, 2.05) is 23.6 Å². The molecule has 4 aromatic rings. The van der Waals surface area contributed by atoms with Crippen molar-refractivity contribution in [3.05, 3.63) is 128 Å². The van der Waals surface area contributed by atoms with E-state index in [9.17, 15) is 14.4 Å². The number of hydrogen-bond donors (Lipinski definition) is 2. The summed E-state index contributed by atoms with van der Waals surface area (Å²) in [5, 5.41) is 8.52. The monoisotopic (exact) mass is 573 g/mol. The first-order chi connectivity index (χ1) is 18.0. The predicted octanol–water partition coefficient (Wildman–Crippen LogP) is 5.65. The summed E-state index contributed by atoms with van der Waals surface area (Å²) in [5.41, 5.74) is 4.01. The minimum Gasteiger partial charge on any atom is -0.423 e. The first-order valence-electron chi connectivity index (χ1n) is 11.0. The van der Waals surface area contributed by atoms with Crippen molar-refractivity contribution in [1.29, 1.82) is 0 Å². The van der Waals surface area contributed by atoms with E-state index in [1.165, 1.54) is 17.6 Å². The molecule has 3 aromatic carbocycles. The molecule has 1 aromatic heterocycles. The minimum atomic E-state index is -0.575. The zero-order valence-corrected chi connectivity index (χ0v) is 21.7. The standard InChI is InChI=1S/C28H20BrN3O4S/c29-22-9-4-8-21(16-22)28(35)36-23-13-11-19(12-14-23)18-30-32-27(34)25(17-24-10-5-15-37-24)31-26(33)20-6-2-1-3-7-20/h1-18H,(H,31,33)(H,32,34)/b25-17+,30-18-. The number of benzene rings is 3. The van der Waals surface area contributed by atoms with Crippen LogP contribution in [0, 0.1) is 0 Å². The van der Waals surface area contributed by atoms with E-state index in [4.69, 9.17) is 4.74 Å². The maximum Gasteiger partial charge on any atom is 0.343 e. The predicted molar refractivity (Wildman–Crippen MR) is 147 cm³/mol. The van der Waals surface area contributed by atoms with Gasteiger partial charge in [-0.15, -0.1) is 11.3 Å². The lowest BCUT2D eigenvalue weighted by molar-refractivity contribution is -0.117. The molecule has 1 heterocycles. The molecule has 0 saturated heterocycles. The Morgan fingerprint density at radius 1 is 0.865 bits per heavy atom. The van der Waals surface area contributed by atoms with E-state index in [2.05, 4.69) is 31.8 Å². The molecule has 0 aliphatic rings. The number of carbonyl (C=O) groups excluding carboxylic acids is 3. The number of hydrogen-bond acceptors (Lipinski definition) is 6. The number of carbonyl (C=O) groups is 3. The summed E-state index contributed by atoms with van der Waals surface area (Å²) in [7, 11) is 0. The number of thiophene rings is 1. The maximum atomic E-state index is 12.8. The van der Waals surface area contributed by atoms with Crippen molar-refractivity contribution < 1.29 is 19.1 Å². The zero-order valence-electron chi connectivity index (χ0n) is 19.3. The van der Waals surface area contributed by atoms with Gasteiger partial charge in [-0.3, -0.25) is 9.59 Å². The summed E-state index contributed by atoms with van der Waals surface area (Å²) >= 11 is 4.76. The van der Waals surface area contributed by atoms with Gasteiger partial charge in [-0.2, -0.15) is 5.10 Å². The second kappa shape index (κ2) is 12.6. The van der Waals surface area contributed by atoms with Crippen molar-refractivity contribution in [3.63, 3.8) is 0 Å². The molecule has 37 heavy (non-hydrogen) atoms. The molecule has 0 radical (unpaired) electrons. The molecule has 0 saturated carbocycles. The molecule has 9 heteroatoms. The van der Waals surface area contributed by atoms with Crippen LogP contribution in [-0.2, 0) is 4.79 Å². The van der Waals surface area contributed by atoms with Crippen LogP contribution >= 0.6 is 27.3 Å². The van der Waals surface area contributed by atoms with Gasteiger partial charge < -0.3 is 10.1 Å². The molecular weight excluding hydrogens is 554 g/mol. The Morgan fingerprint density at radius 3 is 2.32 bits per heavy atom. The van der Waals surface area contributed by atoms with Gasteiger partial charge in [-0.25, -0.2) is 10.2 Å². The first kappa shape index (κ1) is 25.7. The van der Waals surface area contributed by atoms with Crippen molar-refractivity contribution in [2.24, 2.45) is 5.10 Å². The van der Waals surface area contributed by atoms with E-state index in [1.54, 1.807) is 78.9 Å². The lowest BCUT2D eigenvalue weighted by Crippen LogP contribution is -2.32. The molecule has 2 N–H and O–H groups in total. The number of hydrazone groups is 1. The van der Waals surface area contributed by atoms with Crippen molar-refractivity contribution >= 4 is 57.3 Å². The fourth-order valence-corrected chi connectivity index (χ4v) is 4.14. The molecule has 0 fully saturated rings. The molecule has 0 spiro atoms.